The normalized spacial score (nSPS) is 17.1. The second-order valence-electron chi connectivity index (χ2n) is 5.15. The number of sulfonamides is 1. The third-order valence-corrected chi connectivity index (χ3v) is 5.13. The first kappa shape index (κ1) is 14.2. The SMILES string of the molecule is CC1Cc2cc(S(=O)(=O)Nc3ccccc3Cl)ccc2N1. The summed E-state index contributed by atoms with van der Waals surface area (Å²) in [5, 5.41) is 3.67. The summed E-state index contributed by atoms with van der Waals surface area (Å²) in [7, 11) is -3.64. The Bertz CT molecular complexity index is 790. The Morgan fingerprint density at radius 1 is 1.24 bits per heavy atom. The number of rotatable bonds is 3. The summed E-state index contributed by atoms with van der Waals surface area (Å²) < 4.78 is 27.4. The molecule has 4 nitrogen and oxygen atoms in total. The number of nitrogens with one attached hydrogen (secondary N) is 2. The largest absolute Gasteiger partial charge is 0.382 e. The van der Waals surface area contributed by atoms with E-state index >= 15 is 0 Å². The maximum Gasteiger partial charge on any atom is 0.261 e. The monoisotopic (exact) mass is 322 g/mol. The van der Waals surface area contributed by atoms with Gasteiger partial charge in [0.05, 0.1) is 15.6 Å². The molecule has 110 valence electrons. The van der Waals surface area contributed by atoms with Gasteiger partial charge in [0.25, 0.3) is 10.0 Å². The molecule has 1 atom stereocenters. The fourth-order valence-corrected chi connectivity index (χ4v) is 3.81. The minimum atomic E-state index is -3.64. The molecule has 0 amide bonds. The standard InChI is InChI=1S/C15H15ClN2O2S/c1-10-8-11-9-12(6-7-14(11)17-10)21(19,20)18-15-5-3-2-4-13(15)16/h2-7,9-10,17-18H,8H2,1H3. The van der Waals surface area contributed by atoms with Crippen LogP contribution >= 0.6 is 11.6 Å². The molecule has 0 aromatic heterocycles. The van der Waals surface area contributed by atoms with Crippen LogP contribution < -0.4 is 10.0 Å². The van der Waals surface area contributed by atoms with Gasteiger partial charge in [0, 0.05) is 11.7 Å². The molecule has 2 N–H and O–H groups in total. The zero-order valence-corrected chi connectivity index (χ0v) is 13.0. The van der Waals surface area contributed by atoms with E-state index in [4.69, 9.17) is 11.6 Å². The van der Waals surface area contributed by atoms with Crippen molar-refractivity contribution in [3.63, 3.8) is 0 Å². The molecule has 1 aliphatic heterocycles. The van der Waals surface area contributed by atoms with E-state index in [0.717, 1.165) is 17.7 Å². The van der Waals surface area contributed by atoms with Gasteiger partial charge in [-0.05, 0) is 49.2 Å². The van der Waals surface area contributed by atoms with Gasteiger partial charge >= 0.3 is 0 Å². The molecule has 2 aromatic rings. The van der Waals surface area contributed by atoms with Crippen molar-refractivity contribution >= 4 is 33.0 Å². The lowest BCUT2D eigenvalue weighted by Crippen LogP contribution is -2.13. The average Bonchev–Trinajstić information content (AvgIpc) is 2.80. The second-order valence-corrected chi connectivity index (χ2v) is 7.24. The van der Waals surface area contributed by atoms with Crippen LogP contribution in [-0.4, -0.2) is 14.5 Å². The number of hydrogen-bond donors (Lipinski definition) is 2. The van der Waals surface area contributed by atoms with Crippen molar-refractivity contribution in [2.24, 2.45) is 0 Å². The predicted molar refractivity (Wildman–Crippen MR) is 85.5 cm³/mol. The molecule has 3 rings (SSSR count). The minimum absolute atomic E-state index is 0.247. The quantitative estimate of drug-likeness (QED) is 0.909. The van der Waals surface area contributed by atoms with Crippen molar-refractivity contribution < 1.29 is 8.42 Å². The lowest BCUT2D eigenvalue weighted by atomic mass is 10.1. The van der Waals surface area contributed by atoms with Gasteiger partial charge in [-0.1, -0.05) is 23.7 Å². The van der Waals surface area contributed by atoms with Gasteiger partial charge in [-0.15, -0.1) is 0 Å². The topological polar surface area (TPSA) is 58.2 Å². The highest BCUT2D eigenvalue weighted by atomic mass is 35.5. The molecule has 0 spiro atoms. The van der Waals surface area contributed by atoms with Crippen LogP contribution in [-0.2, 0) is 16.4 Å². The summed E-state index contributed by atoms with van der Waals surface area (Å²) >= 11 is 5.99. The Kier molecular flexibility index (Phi) is 3.55. The lowest BCUT2D eigenvalue weighted by molar-refractivity contribution is 0.601. The average molecular weight is 323 g/mol. The van der Waals surface area contributed by atoms with Crippen molar-refractivity contribution in [2.45, 2.75) is 24.3 Å². The van der Waals surface area contributed by atoms with Crippen LogP contribution in [0.5, 0.6) is 0 Å². The van der Waals surface area contributed by atoms with Crippen LogP contribution in [0.15, 0.2) is 47.4 Å². The highest BCUT2D eigenvalue weighted by Gasteiger charge is 2.21. The van der Waals surface area contributed by atoms with Crippen LogP contribution in [0.4, 0.5) is 11.4 Å². The maximum atomic E-state index is 12.4. The summed E-state index contributed by atoms with van der Waals surface area (Å²) in [5.41, 5.74) is 2.40. The van der Waals surface area contributed by atoms with Crippen LogP contribution in [0.1, 0.15) is 12.5 Å². The van der Waals surface area contributed by atoms with Crippen molar-refractivity contribution in [1.29, 1.82) is 0 Å². The molecule has 1 aliphatic rings. The molecule has 1 unspecified atom stereocenters. The van der Waals surface area contributed by atoms with Gasteiger partial charge in [0.15, 0.2) is 0 Å². The van der Waals surface area contributed by atoms with Crippen LogP contribution in [0.3, 0.4) is 0 Å². The van der Waals surface area contributed by atoms with Gasteiger partial charge in [-0.2, -0.15) is 0 Å². The van der Waals surface area contributed by atoms with E-state index < -0.39 is 10.0 Å². The first-order valence-electron chi connectivity index (χ1n) is 6.62. The number of fused-ring (bicyclic) bond motifs is 1. The van der Waals surface area contributed by atoms with E-state index in [9.17, 15) is 8.42 Å². The van der Waals surface area contributed by atoms with Gasteiger partial charge < -0.3 is 5.32 Å². The number of benzene rings is 2. The smallest absolute Gasteiger partial charge is 0.261 e. The first-order chi connectivity index (χ1) is 9.95. The molecule has 0 aliphatic carbocycles. The summed E-state index contributed by atoms with van der Waals surface area (Å²) in [5.74, 6) is 0. The molecule has 0 bridgehead atoms. The number of para-hydroxylation sites is 1. The fraction of sp³-hybridized carbons (Fsp3) is 0.200. The molecule has 0 fully saturated rings. The van der Waals surface area contributed by atoms with Crippen LogP contribution in [0, 0.1) is 0 Å². The molecule has 0 radical (unpaired) electrons. The molecule has 6 heteroatoms. The molecule has 2 aromatic carbocycles. The summed E-state index contributed by atoms with van der Waals surface area (Å²) in [4.78, 5) is 0.247. The molecule has 0 saturated carbocycles. The third-order valence-electron chi connectivity index (χ3n) is 3.43. The van der Waals surface area contributed by atoms with E-state index in [1.807, 2.05) is 0 Å². The fourth-order valence-electron chi connectivity index (χ4n) is 2.44. The summed E-state index contributed by atoms with van der Waals surface area (Å²) in [6.45, 7) is 2.07. The minimum Gasteiger partial charge on any atom is -0.382 e. The van der Waals surface area contributed by atoms with Gasteiger partial charge in [0.2, 0.25) is 0 Å². The maximum absolute atomic E-state index is 12.4. The van der Waals surface area contributed by atoms with Crippen molar-refractivity contribution in [1.82, 2.24) is 0 Å². The number of hydrogen-bond acceptors (Lipinski definition) is 3. The molecule has 21 heavy (non-hydrogen) atoms. The molecule has 1 heterocycles. The molecular formula is C15H15ClN2O2S. The second kappa shape index (κ2) is 5.24. The number of anilines is 2. The Balaban J connectivity index is 1.93. The Morgan fingerprint density at radius 2 is 2.00 bits per heavy atom. The van der Waals surface area contributed by atoms with Gasteiger partial charge in [0.1, 0.15) is 0 Å². The van der Waals surface area contributed by atoms with Crippen molar-refractivity contribution in [3.05, 3.63) is 53.1 Å². The van der Waals surface area contributed by atoms with Gasteiger partial charge in [-0.25, -0.2) is 8.42 Å². The van der Waals surface area contributed by atoms with E-state index in [0.29, 0.717) is 16.8 Å². The Hall–Kier alpha value is -1.72. The Labute approximate surface area is 129 Å². The zero-order chi connectivity index (χ0) is 15.0. The van der Waals surface area contributed by atoms with E-state index in [1.54, 1.807) is 42.5 Å². The molecule has 0 saturated heterocycles. The van der Waals surface area contributed by atoms with Crippen LogP contribution in [0.2, 0.25) is 5.02 Å². The van der Waals surface area contributed by atoms with E-state index in [1.165, 1.54) is 0 Å². The van der Waals surface area contributed by atoms with Crippen molar-refractivity contribution in [3.8, 4) is 0 Å². The molecular weight excluding hydrogens is 308 g/mol. The summed E-state index contributed by atoms with van der Waals surface area (Å²) in [6, 6.07) is 12.2. The van der Waals surface area contributed by atoms with Crippen molar-refractivity contribution in [2.75, 3.05) is 10.0 Å². The van der Waals surface area contributed by atoms with E-state index in [-0.39, 0.29) is 4.90 Å². The highest BCUT2D eigenvalue weighted by molar-refractivity contribution is 7.92. The third kappa shape index (κ3) is 2.84. The first-order valence-corrected chi connectivity index (χ1v) is 8.48. The summed E-state index contributed by atoms with van der Waals surface area (Å²) in [6.07, 6.45) is 0.824. The number of halogens is 1. The lowest BCUT2D eigenvalue weighted by Gasteiger charge is -2.10. The predicted octanol–water partition coefficient (Wildman–Crippen LogP) is 3.50. The zero-order valence-electron chi connectivity index (χ0n) is 11.4. The Morgan fingerprint density at radius 3 is 2.76 bits per heavy atom. The van der Waals surface area contributed by atoms with Gasteiger partial charge in [-0.3, -0.25) is 4.72 Å². The van der Waals surface area contributed by atoms with Crippen LogP contribution in [0.25, 0.3) is 0 Å². The highest BCUT2D eigenvalue weighted by Crippen LogP contribution is 2.29. The van der Waals surface area contributed by atoms with E-state index in [2.05, 4.69) is 17.0 Å².